The summed E-state index contributed by atoms with van der Waals surface area (Å²) in [4.78, 5) is 3.87. The Morgan fingerprint density at radius 2 is 2.44 bits per heavy atom. The van der Waals surface area contributed by atoms with E-state index in [0.717, 1.165) is 0 Å². The summed E-state index contributed by atoms with van der Waals surface area (Å²) < 4.78 is 5.04. The molecule has 9 heavy (non-hydrogen) atoms. The van der Waals surface area contributed by atoms with Crippen LogP contribution in [0, 0.1) is 18.8 Å². The maximum Gasteiger partial charge on any atom is 0.197 e. The summed E-state index contributed by atoms with van der Waals surface area (Å²) >= 11 is 0. The molecule has 0 aliphatic carbocycles. The monoisotopic (exact) mass is 121 g/mol. The van der Waals surface area contributed by atoms with Crippen LogP contribution in [0.15, 0.2) is 10.6 Å². The lowest BCUT2D eigenvalue weighted by Crippen LogP contribution is -1.60. The van der Waals surface area contributed by atoms with Crippen LogP contribution in [0.2, 0.25) is 0 Å². The van der Waals surface area contributed by atoms with Crippen molar-refractivity contribution >= 4 is 0 Å². The molecule has 46 valence electrons. The lowest BCUT2D eigenvalue weighted by Gasteiger charge is -1.74. The molecule has 1 aromatic heterocycles. The standard InChI is InChI=1S/C7H7NO/c1-3-4-7-5-8-6(2)9-7/h5H,1-2H3. The zero-order valence-corrected chi connectivity index (χ0v) is 5.43. The van der Waals surface area contributed by atoms with Crippen LogP contribution in [-0.2, 0) is 0 Å². The van der Waals surface area contributed by atoms with Gasteiger partial charge in [-0.3, -0.25) is 0 Å². The van der Waals surface area contributed by atoms with Crippen molar-refractivity contribution in [2.24, 2.45) is 0 Å². The number of oxazole rings is 1. The van der Waals surface area contributed by atoms with Crippen molar-refractivity contribution in [1.82, 2.24) is 4.98 Å². The second-order valence-corrected chi connectivity index (χ2v) is 1.62. The van der Waals surface area contributed by atoms with Crippen LogP contribution in [0.5, 0.6) is 0 Å². The van der Waals surface area contributed by atoms with Gasteiger partial charge in [-0.15, -0.1) is 0 Å². The molecule has 2 heteroatoms. The van der Waals surface area contributed by atoms with E-state index in [2.05, 4.69) is 16.8 Å². The summed E-state index contributed by atoms with van der Waals surface area (Å²) in [6.07, 6.45) is 1.62. The summed E-state index contributed by atoms with van der Waals surface area (Å²) in [6.45, 7) is 3.55. The maximum atomic E-state index is 5.04. The van der Waals surface area contributed by atoms with Crippen molar-refractivity contribution < 1.29 is 4.42 Å². The molecule has 0 bridgehead atoms. The van der Waals surface area contributed by atoms with E-state index in [9.17, 15) is 0 Å². The number of nitrogens with zero attached hydrogens (tertiary/aromatic N) is 1. The van der Waals surface area contributed by atoms with Gasteiger partial charge < -0.3 is 4.42 Å². The van der Waals surface area contributed by atoms with E-state index in [0.29, 0.717) is 11.7 Å². The average Bonchev–Trinajstić information content (AvgIpc) is 2.17. The second kappa shape index (κ2) is 2.36. The van der Waals surface area contributed by atoms with Gasteiger partial charge in [0.2, 0.25) is 0 Å². The molecule has 0 spiro atoms. The quantitative estimate of drug-likeness (QED) is 0.484. The second-order valence-electron chi connectivity index (χ2n) is 1.62. The van der Waals surface area contributed by atoms with Crippen molar-refractivity contribution in [3.05, 3.63) is 17.8 Å². The molecule has 0 aromatic carbocycles. The fourth-order valence-electron chi connectivity index (χ4n) is 0.542. The summed E-state index contributed by atoms with van der Waals surface area (Å²) in [5.74, 6) is 6.76. The molecule has 0 N–H and O–H groups in total. The molecule has 0 saturated heterocycles. The molecule has 0 saturated carbocycles. The molecule has 0 atom stereocenters. The highest BCUT2D eigenvalue weighted by atomic mass is 16.3. The molecule has 0 aliphatic rings. The molecule has 0 radical (unpaired) electrons. The minimum absolute atomic E-state index is 0.634. The normalized spacial score (nSPS) is 8.22. The van der Waals surface area contributed by atoms with E-state index in [-0.39, 0.29) is 0 Å². The molecule has 1 heterocycles. The zero-order valence-electron chi connectivity index (χ0n) is 5.43. The van der Waals surface area contributed by atoms with Gasteiger partial charge in [0.1, 0.15) is 0 Å². The van der Waals surface area contributed by atoms with Gasteiger partial charge in [0.25, 0.3) is 0 Å². The third kappa shape index (κ3) is 1.33. The average molecular weight is 121 g/mol. The van der Waals surface area contributed by atoms with Gasteiger partial charge >= 0.3 is 0 Å². The Kier molecular flexibility index (Phi) is 1.55. The van der Waals surface area contributed by atoms with Crippen LogP contribution in [0.4, 0.5) is 0 Å². The van der Waals surface area contributed by atoms with Crippen LogP contribution in [0.1, 0.15) is 18.6 Å². The van der Waals surface area contributed by atoms with Crippen LogP contribution in [0.25, 0.3) is 0 Å². The van der Waals surface area contributed by atoms with E-state index in [4.69, 9.17) is 4.42 Å². The predicted molar refractivity (Wildman–Crippen MR) is 33.8 cm³/mol. The van der Waals surface area contributed by atoms with Gasteiger partial charge in [0, 0.05) is 6.92 Å². The Morgan fingerprint density at radius 3 is 2.89 bits per heavy atom. The largest absolute Gasteiger partial charge is 0.433 e. The van der Waals surface area contributed by atoms with Crippen LogP contribution in [-0.4, -0.2) is 4.98 Å². The fourth-order valence-corrected chi connectivity index (χ4v) is 0.542. The Hall–Kier alpha value is -1.23. The highest BCUT2D eigenvalue weighted by molar-refractivity contribution is 5.21. The number of aromatic nitrogens is 1. The summed E-state index contributed by atoms with van der Waals surface area (Å²) in [5, 5.41) is 0. The third-order valence-corrected chi connectivity index (χ3v) is 0.869. The van der Waals surface area contributed by atoms with Gasteiger partial charge in [0.15, 0.2) is 11.7 Å². The Bertz CT molecular complexity index is 251. The minimum Gasteiger partial charge on any atom is -0.433 e. The van der Waals surface area contributed by atoms with Crippen molar-refractivity contribution in [3.63, 3.8) is 0 Å². The Morgan fingerprint density at radius 1 is 1.67 bits per heavy atom. The molecule has 0 amide bonds. The van der Waals surface area contributed by atoms with Crippen LogP contribution >= 0.6 is 0 Å². The summed E-state index contributed by atoms with van der Waals surface area (Å²) in [6, 6.07) is 0. The highest BCUT2D eigenvalue weighted by Crippen LogP contribution is 1.98. The van der Waals surface area contributed by atoms with Crippen molar-refractivity contribution in [1.29, 1.82) is 0 Å². The molecule has 1 aromatic rings. The topological polar surface area (TPSA) is 26.0 Å². The maximum absolute atomic E-state index is 5.04. The third-order valence-electron chi connectivity index (χ3n) is 0.869. The van der Waals surface area contributed by atoms with Crippen LogP contribution < -0.4 is 0 Å². The number of hydrogen-bond donors (Lipinski definition) is 0. The van der Waals surface area contributed by atoms with Gasteiger partial charge in [-0.05, 0) is 12.8 Å². The first kappa shape index (κ1) is 5.90. The molecular weight excluding hydrogens is 114 g/mol. The van der Waals surface area contributed by atoms with Crippen molar-refractivity contribution in [2.75, 3.05) is 0 Å². The zero-order chi connectivity index (χ0) is 6.69. The fraction of sp³-hybridized carbons (Fsp3) is 0.286. The first-order valence-electron chi connectivity index (χ1n) is 2.68. The van der Waals surface area contributed by atoms with E-state index in [1.807, 2.05) is 0 Å². The van der Waals surface area contributed by atoms with E-state index in [1.165, 1.54) is 0 Å². The van der Waals surface area contributed by atoms with Crippen molar-refractivity contribution in [2.45, 2.75) is 13.8 Å². The lowest BCUT2D eigenvalue weighted by atomic mass is 10.5. The minimum atomic E-state index is 0.634. The van der Waals surface area contributed by atoms with Gasteiger partial charge in [-0.2, -0.15) is 0 Å². The van der Waals surface area contributed by atoms with E-state index >= 15 is 0 Å². The Labute approximate surface area is 53.9 Å². The molecule has 0 fully saturated rings. The van der Waals surface area contributed by atoms with Gasteiger partial charge in [-0.1, -0.05) is 5.92 Å². The first-order chi connectivity index (χ1) is 4.33. The smallest absolute Gasteiger partial charge is 0.197 e. The summed E-state index contributed by atoms with van der Waals surface area (Å²) in [5.41, 5.74) is 0. The van der Waals surface area contributed by atoms with Crippen LogP contribution in [0.3, 0.4) is 0 Å². The first-order valence-corrected chi connectivity index (χ1v) is 2.68. The Balaban J connectivity index is 2.93. The molecule has 2 nitrogen and oxygen atoms in total. The van der Waals surface area contributed by atoms with Crippen molar-refractivity contribution in [3.8, 4) is 11.8 Å². The van der Waals surface area contributed by atoms with Gasteiger partial charge in [-0.25, -0.2) is 4.98 Å². The summed E-state index contributed by atoms with van der Waals surface area (Å²) in [7, 11) is 0. The number of aryl methyl sites for hydroxylation is 1. The van der Waals surface area contributed by atoms with Gasteiger partial charge in [0.05, 0.1) is 6.20 Å². The van der Waals surface area contributed by atoms with E-state index in [1.54, 1.807) is 20.0 Å². The lowest BCUT2D eigenvalue weighted by molar-refractivity contribution is 0.511. The molecule has 0 unspecified atom stereocenters. The number of hydrogen-bond acceptors (Lipinski definition) is 2. The predicted octanol–water partition coefficient (Wildman–Crippen LogP) is 1.35. The SMILES string of the molecule is CC#Cc1cnc(C)o1. The molecule has 1 rings (SSSR count). The highest BCUT2D eigenvalue weighted by Gasteiger charge is 1.91. The molecule has 0 aliphatic heterocycles. The number of rotatable bonds is 0. The van der Waals surface area contributed by atoms with E-state index < -0.39 is 0 Å². The molecular formula is C7H7NO.